The number of ether oxygens (including phenoxy) is 11. The van der Waals surface area contributed by atoms with Crippen molar-refractivity contribution in [1.82, 2.24) is 0 Å². The zero-order chi connectivity index (χ0) is 69.8. The number of benzene rings is 4. The van der Waals surface area contributed by atoms with Crippen LogP contribution in [0.25, 0.3) is 22.9 Å². The van der Waals surface area contributed by atoms with Crippen LogP contribution < -0.4 is 37.9 Å². The monoisotopic (exact) mass is 1360 g/mol. The Morgan fingerprint density at radius 2 is 0.571 bits per heavy atom. The number of fused-ring (bicyclic) bond motifs is 1. The molecule has 0 aliphatic heterocycles. The van der Waals surface area contributed by atoms with E-state index in [4.69, 9.17) is 81.4 Å². The molecule has 4 aromatic rings. The Morgan fingerprint density at radius 1 is 0.286 bits per heavy atom. The molecule has 4 aromatic carbocycles. The van der Waals surface area contributed by atoms with Crippen molar-refractivity contribution in [2.24, 2.45) is 0 Å². The Morgan fingerprint density at radius 3 is 0.878 bits per heavy atom. The van der Waals surface area contributed by atoms with Gasteiger partial charge in [0, 0.05) is 34.1 Å². The second-order valence-corrected chi connectivity index (χ2v) is 22.6. The first-order chi connectivity index (χ1) is 48.4. The van der Waals surface area contributed by atoms with Gasteiger partial charge in [0.25, 0.3) is 0 Å². The number of esters is 2. The van der Waals surface area contributed by atoms with Crippen LogP contribution in [0.4, 0.5) is 0 Å². The van der Waals surface area contributed by atoms with E-state index in [9.17, 15) is 9.59 Å². The maximum atomic E-state index is 13.9. The van der Waals surface area contributed by atoms with E-state index in [-0.39, 0.29) is 11.5 Å². The van der Waals surface area contributed by atoms with Gasteiger partial charge in [-0.15, -0.1) is 19.7 Å². The number of hydrogen-bond donors (Lipinski definition) is 0. The summed E-state index contributed by atoms with van der Waals surface area (Å²) in [5.41, 5.74) is 1.20. The van der Waals surface area contributed by atoms with E-state index in [0.29, 0.717) is 155 Å². The molecule has 19 nitrogen and oxygen atoms in total. The van der Waals surface area contributed by atoms with Crippen LogP contribution in [-0.2, 0) is 53.1 Å². The number of carbonyl (C=O) groups is 2. The van der Waals surface area contributed by atoms with E-state index in [2.05, 4.69) is 39.5 Å². The molecular formula is C79H110O19. The Labute approximate surface area is 583 Å². The lowest BCUT2D eigenvalue weighted by Crippen LogP contribution is -2.08. The van der Waals surface area contributed by atoms with Crippen molar-refractivity contribution in [3.8, 4) is 46.0 Å². The average Bonchev–Trinajstić information content (AvgIpc) is 0.838. The molecule has 0 radical (unpaired) electrons. The lowest BCUT2D eigenvalue weighted by atomic mass is 10.1. The van der Waals surface area contributed by atoms with Gasteiger partial charge in [-0.3, -0.25) is 0 Å². The molecule has 0 bridgehead atoms. The van der Waals surface area contributed by atoms with Crippen molar-refractivity contribution < 1.29 is 91.0 Å². The van der Waals surface area contributed by atoms with Crippen molar-refractivity contribution in [3.63, 3.8) is 0 Å². The normalized spacial score (nSPS) is 11.1. The molecule has 98 heavy (non-hydrogen) atoms. The smallest absolute Gasteiger partial charge is 0.336 e. The highest BCUT2D eigenvalue weighted by molar-refractivity contribution is 5.99. The summed E-state index contributed by atoms with van der Waals surface area (Å²) >= 11 is 0. The summed E-state index contributed by atoms with van der Waals surface area (Å²) in [5, 5.41) is 1.10. The molecule has 0 N–H and O–H groups in total. The summed E-state index contributed by atoms with van der Waals surface area (Å²) in [4.78, 5) is 58.7. The van der Waals surface area contributed by atoms with E-state index < -0.39 is 11.9 Å². The van der Waals surface area contributed by atoms with Gasteiger partial charge < -0.3 is 52.1 Å². The van der Waals surface area contributed by atoms with E-state index in [1.165, 1.54) is 30.9 Å². The van der Waals surface area contributed by atoms with Gasteiger partial charge in [-0.25, -0.2) is 38.9 Å². The fourth-order valence-electron chi connectivity index (χ4n) is 9.76. The summed E-state index contributed by atoms with van der Waals surface area (Å²) in [6.07, 6.45) is 36.5. The molecular weight excluding hydrogens is 1250 g/mol. The largest absolute Gasteiger partial charge is 0.502 e. The fourth-order valence-corrected chi connectivity index (χ4v) is 9.76. The van der Waals surface area contributed by atoms with Gasteiger partial charge >= 0.3 is 11.9 Å². The molecule has 0 saturated heterocycles. The van der Waals surface area contributed by atoms with E-state index in [1.54, 1.807) is 66.8 Å². The van der Waals surface area contributed by atoms with Crippen LogP contribution in [0, 0.1) is 0 Å². The predicted octanol–water partition coefficient (Wildman–Crippen LogP) is 18.6. The van der Waals surface area contributed by atoms with Crippen LogP contribution in [0.3, 0.4) is 0 Å². The van der Waals surface area contributed by atoms with Crippen molar-refractivity contribution in [2.75, 3.05) is 99.1 Å². The molecule has 19 heteroatoms. The average molecular weight is 1360 g/mol. The topological polar surface area (TPSA) is 191 Å². The first-order valence-corrected chi connectivity index (χ1v) is 35.0. The lowest BCUT2D eigenvalue weighted by molar-refractivity contribution is -0.286. The van der Waals surface area contributed by atoms with Gasteiger partial charge in [-0.2, -0.15) is 0 Å². The molecule has 0 spiro atoms. The molecule has 0 amide bonds. The highest BCUT2D eigenvalue weighted by Gasteiger charge is 2.21. The zero-order valence-corrected chi connectivity index (χ0v) is 58.1. The third-order valence-electron chi connectivity index (χ3n) is 14.8. The highest BCUT2D eigenvalue weighted by Crippen LogP contribution is 2.43. The minimum absolute atomic E-state index is 0.264. The van der Waals surface area contributed by atoms with Gasteiger partial charge in [0.1, 0.15) is 31.3 Å². The Balaban J connectivity index is 1.58. The fraction of sp³-hybridized carbons (Fsp3) is 0.494. The SMILES string of the molecule is C=CCOOCCCCCCOc1ccc(/C=C/C(=O)Oc2cccc3c(OC(=O)/C=C/c4ccc(OCCCCCCOC=C)c(OCCCCCCOC=C)c4OCCCCCCOOCC=C)cccc23)c(OCCCCCCOC=C)c1OCCCCCCOOCC=C. The molecule has 0 unspecified atom stereocenters. The third-order valence-corrected chi connectivity index (χ3v) is 14.8. The van der Waals surface area contributed by atoms with Crippen molar-refractivity contribution in [2.45, 2.75) is 154 Å². The van der Waals surface area contributed by atoms with E-state index in [0.717, 1.165) is 154 Å². The van der Waals surface area contributed by atoms with Crippen LogP contribution in [0.15, 0.2) is 149 Å². The van der Waals surface area contributed by atoms with Crippen LogP contribution >= 0.6 is 0 Å². The lowest BCUT2D eigenvalue weighted by Gasteiger charge is -2.19. The predicted molar refractivity (Wildman–Crippen MR) is 385 cm³/mol. The maximum absolute atomic E-state index is 13.9. The van der Waals surface area contributed by atoms with Crippen molar-refractivity contribution in [1.29, 1.82) is 0 Å². The molecule has 0 aliphatic rings. The van der Waals surface area contributed by atoms with Gasteiger partial charge in [0.05, 0.1) is 98.1 Å². The maximum Gasteiger partial charge on any atom is 0.336 e. The molecule has 0 aromatic heterocycles. The van der Waals surface area contributed by atoms with Crippen molar-refractivity contribution in [3.05, 3.63) is 160 Å². The van der Waals surface area contributed by atoms with E-state index >= 15 is 0 Å². The molecule has 4 rings (SSSR count). The molecule has 0 atom stereocenters. The first-order valence-electron chi connectivity index (χ1n) is 35.0. The molecule has 0 heterocycles. The van der Waals surface area contributed by atoms with Gasteiger partial charge in [-0.05, 0) is 183 Å². The van der Waals surface area contributed by atoms with Crippen molar-refractivity contribution >= 4 is 34.9 Å². The molecule has 0 saturated carbocycles. The summed E-state index contributed by atoms with van der Waals surface area (Å²) in [6, 6.07) is 17.9. The van der Waals surface area contributed by atoms with E-state index in [1.807, 2.05) is 24.3 Å². The van der Waals surface area contributed by atoms with Crippen LogP contribution in [0.1, 0.15) is 165 Å². The standard InChI is InChI=1S/C79H110O19/c1-7-51-91-94-63-34-22-19-29-58-86-73-48-44-66(76(87-59-30-17-14-26-55-83-11-5)79(73)90-62-33-21-24-36-65-96-93-53-9-3)45-49-74(80)97-70-41-37-40-69-68(70)39-38-42-71(69)98-75(81)50-46-67-43-47-72(85-57-28-16-13-25-54-82-10-4)78(89-61-32-18-15-27-56-84-12-6)77(67)88-60-31-20-23-35-64-95-92-52-8-2/h7-12,37-50H,1-6,13-36,51-65H2/b49-45+,50-46+. The quantitative estimate of drug-likeness (QED) is 0.00592. The zero-order valence-electron chi connectivity index (χ0n) is 58.1. The third kappa shape index (κ3) is 37.1. The second kappa shape index (κ2) is 56.9. The summed E-state index contributed by atoms with van der Waals surface area (Å²) in [7, 11) is 0. The number of rotatable bonds is 66. The Kier molecular flexibility index (Phi) is 47.9. The van der Waals surface area contributed by atoms with Crippen LogP contribution in [0.2, 0.25) is 0 Å². The summed E-state index contributed by atoms with van der Waals surface area (Å²) in [6.45, 7) is 28.7. The van der Waals surface area contributed by atoms with Gasteiger partial charge in [0.15, 0.2) is 23.0 Å². The molecule has 0 fully saturated rings. The second-order valence-electron chi connectivity index (χ2n) is 22.6. The van der Waals surface area contributed by atoms with Crippen LogP contribution in [0.5, 0.6) is 46.0 Å². The Hall–Kier alpha value is -8.04. The summed E-state index contributed by atoms with van der Waals surface area (Å²) < 4.78 is 67.2. The summed E-state index contributed by atoms with van der Waals surface area (Å²) in [5.74, 6) is 2.17. The van der Waals surface area contributed by atoms with Gasteiger partial charge in [0.2, 0.25) is 11.5 Å². The number of carbonyl (C=O) groups excluding carboxylic acids is 2. The molecule has 0 aliphatic carbocycles. The molecule has 540 valence electrons. The highest BCUT2D eigenvalue weighted by atomic mass is 17.2. The first kappa shape index (κ1) is 82.4. The number of hydrogen-bond acceptors (Lipinski definition) is 19. The minimum atomic E-state index is -0.646. The van der Waals surface area contributed by atoms with Crippen LogP contribution in [-0.4, -0.2) is 111 Å². The minimum Gasteiger partial charge on any atom is -0.502 e. The number of unbranched alkanes of at least 4 members (excludes halogenated alkanes) is 18. The van der Waals surface area contributed by atoms with Gasteiger partial charge in [-0.1, -0.05) is 81.5 Å². The Bertz CT molecular complexity index is 2900.